The summed E-state index contributed by atoms with van der Waals surface area (Å²) in [6.07, 6.45) is 4.52. The van der Waals surface area contributed by atoms with E-state index in [1.54, 1.807) is 4.90 Å². The van der Waals surface area contributed by atoms with E-state index in [4.69, 9.17) is 0 Å². The molecule has 0 aromatic carbocycles. The molecule has 100 valence electrons. The van der Waals surface area contributed by atoms with E-state index in [-0.39, 0.29) is 5.91 Å². The lowest BCUT2D eigenvalue weighted by Crippen LogP contribution is -2.46. The van der Waals surface area contributed by atoms with E-state index in [2.05, 4.69) is 17.1 Å². The second-order valence-electron chi connectivity index (χ2n) is 5.03. The highest BCUT2D eigenvalue weighted by Crippen LogP contribution is 2.16. The van der Waals surface area contributed by atoms with Crippen LogP contribution in [0.4, 0.5) is 0 Å². The molecule has 4 nitrogen and oxygen atoms in total. The second kappa shape index (κ2) is 7.67. The van der Waals surface area contributed by atoms with Crippen LogP contribution >= 0.6 is 0 Å². The third-order valence-electron chi connectivity index (χ3n) is 3.49. The molecule has 0 aromatic rings. The van der Waals surface area contributed by atoms with Gasteiger partial charge in [0.05, 0.1) is 0 Å². The van der Waals surface area contributed by atoms with Gasteiger partial charge < -0.3 is 10.2 Å². The van der Waals surface area contributed by atoms with Gasteiger partial charge in [-0.15, -0.1) is 0 Å². The lowest BCUT2D eigenvalue weighted by atomic mass is 10.0. The summed E-state index contributed by atoms with van der Waals surface area (Å²) >= 11 is 0. The first-order valence-corrected chi connectivity index (χ1v) is 6.80. The average molecular weight is 241 g/mol. The van der Waals surface area contributed by atoms with Crippen molar-refractivity contribution < 1.29 is 4.79 Å². The van der Waals surface area contributed by atoms with Crippen LogP contribution < -0.4 is 5.32 Å². The molecule has 0 saturated carbocycles. The molecule has 0 spiro atoms. The number of likely N-dealkylation sites (N-methyl/N-ethyl adjacent to an activating group) is 1. The molecular formula is C13H27N3O. The van der Waals surface area contributed by atoms with Crippen molar-refractivity contribution in [3.63, 3.8) is 0 Å². The average Bonchev–Trinajstić information content (AvgIpc) is 2.34. The van der Waals surface area contributed by atoms with E-state index in [1.165, 1.54) is 19.3 Å². The Morgan fingerprint density at radius 3 is 2.82 bits per heavy atom. The summed E-state index contributed by atoms with van der Waals surface area (Å²) in [7, 11) is 3.66. The molecule has 1 saturated heterocycles. The van der Waals surface area contributed by atoms with Crippen molar-refractivity contribution in [2.75, 3.05) is 40.3 Å². The van der Waals surface area contributed by atoms with Gasteiger partial charge in [0, 0.05) is 39.6 Å². The topological polar surface area (TPSA) is 35.6 Å². The Kier molecular flexibility index (Phi) is 6.52. The van der Waals surface area contributed by atoms with Crippen molar-refractivity contribution in [3.05, 3.63) is 0 Å². The van der Waals surface area contributed by atoms with Crippen LogP contribution in [0.2, 0.25) is 0 Å². The van der Waals surface area contributed by atoms with E-state index >= 15 is 0 Å². The molecule has 4 heteroatoms. The van der Waals surface area contributed by atoms with E-state index < -0.39 is 0 Å². The molecule has 17 heavy (non-hydrogen) atoms. The molecule has 1 amide bonds. The van der Waals surface area contributed by atoms with E-state index in [0.29, 0.717) is 12.5 Å². The van der Waals surface area contributed by atoms with Crippen molar-refractivity contribution in [2.24, 2.45) is 0 Å². The summed E-state index contributed by atoms with van der Waals surface area (Å²) in [6.45, 7) is 6.29. The number of carbonyl (C=O) groups excluding carboxylic acids is 1. The van der Waals surface area contributed by atoms with Crippen LogP contribution in [0.5, 0.6) is 0 Å². The first kappa shape index (κ1) is 14.5. The Morgan fingerprint density at radius 2 is 2.18 bits per heavy atom. The van der Waals surface area contributed by atoms with Gasteiger partial charge in [-0.3, -0.25) is 9.69 Å². The molecular weight excluding hydrogens is 214 g/mol. The largest absolute Gasteiger partial charge is 0.349 e. The van der Waals surface area contributed by atoms with Crippen LogP contribution in [0.1, 0.15) is 32.6 Å². The van der Waals surface area contributed by atoms with Gasteiger partial charge >= 0.3 is 0 Å². The monoisotopic (exact) mass is 241 g/mol. The highest BCUT2D eigenvalue weighted by atomic mass is 16.2. The van der Waals surface area contributed by atoms with Gasteiger partial charge in [0.15, 0.2) is 0 Å². The Bertz CT molecular complexity index is 231. The van der Waals surface area contributed by atoms with Crippen LogP contribution in [-0.4, -0.2) is 62.0 Å². The van der Waals surface area contributed by atoms with Gasteiger partial charge in [-0.05, 0) is 25.9 Å². The normalized spacial score (nSPS) is 21.5. The summed E-state index contributed by atoms with van der Waals surface area (Å²) in [6, 6.07) is 0.624. The number of likely N-dealkylation sites (tertiary alicyclic amines) is 1. The van der Waals surface area contributed by atoms with E-state index in [0.717, 1.165) is 26.2 Å². The second-order valence-corrected chi connectivity index (χ2v) is 5.03. The lowest BCUT2D eigenvalue weighted by molar-refractivity contribution is -0.129. The Morgan fingerprint density at radius 1 is 1.41 bits per heavy atom. The summed E-state index contributed by atoms with van der Waals surface area (Å²) in [5, 5.41) is 3.42. The summed E-state index contributed by atoms with van der Waals surface area (Å²) in [5.41, 5.74) is 0. The number of carbonyl (C=O) groups is 1. The predicted octanol–water partition coefficient (Wildman–Crippen LogP) is 0.929. The van der Waals surface area contributed by atoms with Crippen molar-refractivity contribution >= 4 is 5.91 Å². The third-order valence-corrected chi connectivity index (χ3v) is 3.49. The van der Waals surface area contributed by atoms with Crippen molar-refractivity contribution in [3.8, 4) is 0 Å². The Hall–Kier alpha value is -0.610. The number of nitrogens with one attached hydrogen (secondary N) is 1. The van der Waals surface area contributed by atoms with Crippen LogP contribution in [-0.2, 0) is 4.79 Å². The summed E-state index contributed by atoms with van der Waals surface area (Å²) in [4.78, 5) is 15.8. The number of piperidine rings is 1. The molecule has 0 bridgehead atoms. The van der Waals surface area contributed by atoms with Crippen LogP contribution in [0.15, 0.2) is 0 Å². The zero-order chi connectivity index (χ0) is 12.7. The van der Waals surface area contributed by atoms with Crippen molar-refractivity contribution in [2.45, 2.75) is 38.6 Å². The van der Waals surface area contributed by atoms with Gasteiger partial charge in [0.1, 0.15) is 0 Å². The molecule has 1 atom stereocenters. The maximum absolute atomic E-state index is 11.6. The zero-order valence-corrected chi connectivity index (χ0v) is 11.5. The predicted molar refractivity (Wildman–Crippen MR) is 71.1 cm³/mol. The SMILES string of the molecule is CCNCC1CCCCN1CCC(=O)N(C)C. The van der Waals surface area contributed by atoms with Crippen LogP contribution in [0, 0.1) is 0 Å². The van der Waals surface area contributed by atoms with E-state index in [9.17, 15) is 4.79 Å². The maximum Gasteiger partial charge on any atom is 0.223 e. The smallest absolute Gasteiger partial charge is 0.223 e. The molecule has 1 heterocycles. The maximum atomic E-state index is 11.6. The number of hydrogen-bond donors (Lipinski definition) is 1. The fourth-order valence-corrected chi connectivity index (χ4v) is 2.36. The third kappa shape index (κ3) is 5.04. The molecule has 1 aliphatic rings. The highest BCUT2D eigenvalue weighted by molar-refractivity contribution is 5.75. The molecule has 0 aromatic heterocycles. The fraction of sp³-hybridized carbons (Fsp3) is 0.923. The van der Waals surface area contributed by atoms with Crippen LogP contribution in [0.25, 0.3) is 0 Å². The number of hydrogen-bond acceptors (Lipinski definition) is 3. The molecule has 0 aliphatic carbocycles. The molecule has 1 aliphatic heterocycles. The standard InChI is InChI=1S/C13H27N3O/c1-4-14-11-12-7-5-6-9-16(12)10-8-13(17)15(2)3/h12,14H,4-11H2,1-3H3. The Labute approximate surface area is 105 Å². The van der Waals surface area contributed by atoms with Crippen LogP contribution in [0.3, 0.4) is 0 Å². The van der Waals surface area contributed by atoms with Crippen molar-refractivity contribution in [1.82, 2.24) is 15.1 Å². The minimum Gasteiger partial charge on any atom is -0.349 e. The van der Waals surface area contributed by atoms with Crippen molar-refractivity contribution in [1.29, 1.82) is 0 Å². The van der Waals surface area contributed by atoms with Gasteiger partial charge in [-0.25, -0.2) is 0 Å². The summed E-state index contributed by atoms with van der Waals surface area (Å²) < 4.78 is 0. The minimum atomic E-state index is 0.234. The fourth-order valence-electron chi connectivity index (χ4n) is 2.36. The zero-order valence-electron chi connectivity index (χ0n) is 11.5. The first-order chi connectivity index (χ1) is 8.15. The number of rotatable bonds is 6. The van der Waals surface area contributed by atoms with Gasteiger partial charge in [0.2, 0.25) is 5.91 Å². The lowest BCUT2D eigenvalue weighted by Gasteiger charge is -2.35. The molecule has 0 radical (unpaired) electrons. The number of nitrogens with zero attached hydrogens (tertiary/aromatic N) is 2. The van der Waals surface area contributed by atoms with Gasteiger partial charge in [-0.1, -0.05) is 13.3 Å². The van der Waals surface area contributed by atoms with Gasteiger partial charge in [-0.2, -0.15) is 0 Å². The highest BCUT2D eigenvalue weighted by Gasteiger charge is 2.22. The minimum absolute atomic E-state index is 0.234. The molecule has 1 rings (SSSR count). The molecule has 1 unspecified atom stereocenters. The van der Waals surface area contributed by atoms with Gasteiger partial charge in [0.25, 0.3) is 0 Å². The number of amides is 1. The quantitative estimate of drug-likeness (QED) is 0.751. The molecule has 1 fully saturated rings. The Balaban J connectivity index is 2.34. The first-order valence-electron chi connectivity index (χ1n) is 6.80. The molecule has 1 N–H and O–H groups in total. The van der Waals surface area contributed by atoms with E-state index in [1.807, 2.05) is 14.1 Å². The summed E-state index contributed by atoms with van der Waals surface area (Å²) in [5.74, 6) is 0.234.